The lowest BCUT2D eigenvalue weighted by atomic mass is 9.78. The van der Waals surface area contributed by atoms with Crippen LogP contribution in [0.3, 0.4) is 0 Å². The minimum absolute atomic E-state index is 0. The third-order valence-corrected chi connectivity index (χ3v) is 8.16. The standard InChI is InChI=1S/C33H36FN5O.ClH/c1-40-21-20-39-18-16-38(17-19-39)15-14-24-10-12-26(13-11-24)36-33-35-23-25-22-30(28-7-4-5-9-31(28)34)27-6-2-3-8-29(27)32(25)37-33;/h2-13,23,30H,14-22H2,1H3,(H,35,36,37);1H/t30-;/m1./s1. The first-order valence-corrected chi connectivity index (χ1v) is 14.2. The van der Waals surface area contributed by atoms with E-state index in [4.69, 9.17) is 9.72 Å². The van der Waals surface area contributed by atoms with Crippen LogP contribution in [0.4, 0.5) is 16.0 Å². The highest BCUT2D eigenvalue weighted by Gasteiger charge is 2.29. The normalized spacial score (nSPS) is 16.9. The highest BCUT2D eigenvalue weighted by Crippen LogP contribution is 2.42. The van der Waals surface area contributed by atoms with Gasteiger partial charge in [0.05, 0.1) is 12.3 Å². The van der Waals surface area contributed by atoms with E-state index < -0.39 is 0 Å². The minimum atomic E-state index is -0.172. The number of nitrogens with one attached hydrogen (secondary N) is 1. The number of halogens is 2. The summed E-state index contributed by atoms with van der Waals surface area (Å²) < 4.78 is 19.9. The number of methoxy groups -OCH3 is 1. The zero-order chi connectivity index (χ0) is 27.3. The molecule has 0 amide bonds. The summed E-state index contributed by atoms with van der Waals surface area (Å²) in [5, 5.41) is 3.38. The smallest absolute Gasteiger partial charge is 0.227 e. The van der Waals surface area contributed by atoms with Gasteiger partial charge in [0.25, 0.3) is 0 Å². The fraction of sp³-hybridized carbons (Fsp3) is 0.333. The maximum Gasteiger partial charge on any atom is 0.227 e. The molecule has 2 aliphatic rings. The minimum Gasteiger partial charge on any atom is -0.383 e. The molecule has 0 radical (unpaired) electrons. The topological polar surface area (TPSA) is 53.5 Å². The number of ether oxygens (including phenoxy) is 1. The van der Waals surface area contributed by atoms with Gasteiger partial charge >= 0.3 is 0 Å². The molecule has 0 bridgehead atoms. The van der Waals surface area contributed by atoms with Crippen molar-refractivity contribution >= 4 is 24.0 Å². The van der Waals surface area contributed by atoms with Gasteiger partial charge < -0.3 is 15.0 Å². The van der Waals surface area contributed by atoms with Gasteiger partial charge in [-0.1, -0.05) is 54.6 Å². The highest BCUT2D eigenvalue weighted by atomic mass is 35.5. The summed E-state index contributed by atoms with van der Waals surface area (Å²) in [4.78, 5) is 14.6. The Kier molecular flexibility index (Phi) is 9.62. The Balaban J connectivity index is 0.00000337. The van der Waals surface area contributed by atoms with Crippen molar-refractivity contribution in [3.05, 3.63) is 107 Å². The Hall–Kier alpha value is -3.36. The van der Waals surface area contributed by atoms with Crippen LogP contribution < -0.4 is 5.32 Å². The van der Waals surface area contributed by atoms with E-state index in [9.17, 15) is 4.39 Å². The lowest BCUT2D eigenvalue weighted by Gasteiger charge is -2.34. The van der Waals surface area contributed by atoms with Gasteiger partial charge in [0.1, 0.15) is 5.82 Å². The first kappa shape index (κ1) is 29.1. The first-order valence-electron chi connectivity index (χ1n) is 14.2. The van der Waals surface area contributed by atoms with Gasteiger partial charge in [0.2, 0.25) is 5.95 Å². The van der Waals surface area contributed by atoms with Crippen molar-refractivity contribution in [2.75, 3.05) is 58.3 Å². The quantitative estimate of drug-likeness (QED) is 0.267. The summed E-state index contributed by atoms with van der Waals surface area (Å²) in [5.41, 5.74) is 7.10. The molecule has 41 heavy (non-hydrogen) atoms. The van der Waals surface area contributed by atoms with Crippen molar-refractivity contribution in [3.8, 4) is 11.3 Å². The van der Waals surface area contributed by atoms with Gasteiger partial charge in [-0.15, -0.1) is 12.4 Å². The molecule has 6 nitrogen and oxygen atoms in total. The van der Waals surface area contributed by atoms with E-state index >= 15 is 0 Å². The molecule has 1 saturated heterocycles. The van der Waals surface area contributed by atoms with Crippen molar-refractivity contribution in [1.82, 2.24) is 19.8 Å². The molecule has 1 aliphatic heterocycles. The van der Waals surface area contributed by atoms with E-state index in [2.05, 4.69) is 56.5 Å². The van der Waals surface area contributed by atoms with Crippen LogP contribution in [0.15, 0.2) is 79.0 Å². The van der Waals surface area contributed by atoms with Crippen LogP contribution in [-0.4, -0.2) is 72.8 Å². The van der Waals surface area contributed by atoms with Gasteiger partial charge in [-0.25, -0.2) is 14.4 Å². The number of nitrogens with zero attached hydrogens (tertiary/aromatic N) is 4. The third kappa shape index (κ3) is 6.76. The molecule has 1 aliphatic carbocycles. The molecular formula is C33H37ClFN5O. The summed E-state index contributed by atoms with van der Waals surface area (Å²) in [6.45, 7) is 7.36. The van der Waals surface area contributed by atoms with Crippen LogP contribution in [0.25, 0.3) is 11.3 Å². The van der Waals surface area contributed by atoms with Gasteiger partial charge in [-0.3, -0.25) is 4.90 Å². The lowest BCUT2D eigenvalue weighted by Crippen LogP contribution is -2.47. The Morgan fingerprint density at radius 1 is 0.878 bits per heavy atom. The third-order valence-electron chi connectivity index (χ3n) is 8.16. The average Bonchev–Trinajstić information content (AvgIpc) is 3.00. The predicted molar refractivity (Wildman–Crippen MR) is 165 cm³/mol. The Morgan fingerprint density at radius 2 is 1.56 bits per heavy atom. The van der Waals surface area contributed by atoms with Crippen molar-refractivity contribution < 1.29 is 9.13 Å². The van der Waals surface area contributed by atoms with Crippen molar-refractivity contribution in [2.24, 2.45) is 0 Å². The van der Waals surface area contributed by atoms with Crippen LogP contribution in [0.5, 0.6) is 0 Å². The number of hydrogen-bond acceptors (Lipinski definition) is 6. The zero-order valence-corrected chi connectivity index (χ0v) is 24.2. The Labute approximate surface area is 248 Å². The van der Waals surface area contributed by atoms with Gasteiger partial charge in [0, 0.05) is 69.7 Å². The number of hydrogen-bond donors (Lipinski definition) is 1. The summed E-state index contributed by atoms with van der Waals surface area (Å²) >= 11 is 0. The number of rotatable bonds is 9. The van der Waals surface area contributed by atoms with E-state index in [0.717, 1.165) is 80.4 Å². The van der Waals surface area contributed by atoms with Crippen molar-refractivity contribution in [2.45, 2.75) is 18.8 Å². The molecule has 3 aromatic carbocycles. The molecule has 4 aromatic rings. The molecule has 1 N–H and O–H groups in total. The second-order valence-electron chi connectivity index (χ2n) is 10.7. The lowest BCUT2D eigenvalue weighted by molar-refractivity contribution is 0.0976. The maximum absolute atomic E-state index is 14.7. The molecule has 6 rings (SSSR count). The zero-order valence-electron chi connectivity index (χ0n) is 23.4. The number of anilines is 2. The van der Waals surface area contributed by atoms with Gasteiger partial charge in [-0.05, 0) is 53.3 Å². The molecule has 1 aromatic heterocycles. The molecule has 8 heteroatoms. The van der Waals surface area contributed by atoms with Crippen LogP contribution in [0.2, 0.25) is 0 Å². The average molecular weight is 574 g/mol. The highest BCUT2D eigenvalue weighted by molar-refractivity contribution is 5.85. The summed E-state index contributed by atoms with van der Waals surface area (Å²) in [5.74, 6) is 0.338. The van der Waals surface area contributed by atoms with E-state index in [1.54, 1.807) is 13.2 Å². The molecule has 0 saturated carbocycles. The first-order chi connectivity index (χ1) is 19.7. The van der Waals surface area contributed by atoms with Crippen LogP contribution >= 0.6 is 12.4 Å². The SMILES string of the molecule is COCCN1CCN(CCc2ccc(Nc3ncc4c(n3)-c3ccccc3[C@H](c3ccccc3F)C4)cc2)CC1.Cl. The predicted octanol–water partition coefficient (Wildman–Crippen LogP) is 5.94. The molecule has 214 valence electrons. The van der Waals surface area contributed by atoms with Crippen LogP contribution in [-0.2, 0) is 17.6 Å². The molecular weight excluding hydrogens is 537 g/mol. The Morgan fingerprint density at radius 3 is 2.29 bits per heavy atom. The molecule has 0 unspecified atom stereocenters. The molecule has 0 spiro atoms. The number of benzene rings is 3. The van der Waals surface area contributed by atoms with E-state index in [1.807, 2.05) is 30.5 Å². The molecule has 2 heterocycles. The van der Waals surface area contributed by atoms with E-state index in [-0.39, 0.29) is 24.1 Å². The van der Waals surface area contributed by atoms with Crippen LogP contribution in [0, 0.1) is 5.82 Å². The van der Waals surface area contributed by atoms with Gasteiger partial charge in [-0.2, -0.15) is 0 Å². The fourth-order valence-electron chi connectivity index (χ4n) is 5.86. The summed E-state index contributed by atoms with van der Waals surface area (Å²) in [6, 6.07) is 23.8. The number of aromatic nitrogens is 2. The summed E-state index contributed by atoms with van der Waals surface area (Å²) in [6.07, 6.45) is 3.59. The van der Waals surface area contributed by atoms with E-state index in [1.165, 1.54) is 11.6 Å². The van der Waals surface area contributed by atoms with Crippen LogP contribution in [0.1, 0.15) is 28.2 Å². The van der Waals surface area contributed by atoms with E-state index in [0.29, 0.717) is 17.9 Å². The Bertz CT molecular complexity index is 1440. The van der Waals surface area contributed by atoms with Gasteiger partial charge in [0.15, 0.2) is 0 Å². The fourth-order valence-corrected chi connectivity index (χ4v) is 5.86. The largest absolute Gasteiger partial charge is 0.383 e. The monoisotopic (exact) mass is 573 g/mol. The second-order valence-corrected chi connectivity index (χ2v) is 10.7. The molecule has 1 fully saturated rings. The summed E-state index contributed by atoms with van der Waals surface area (Å²) in [7, 11) is 1.77. The van der Waals surface area contributed by atoms with Crippen molar-refractivity contribution in [1.29, 1.82) is 0 Å². The number of piperazine rings is 1. The number of fused-ring (bicyclic) bond motifs is 3. The molecule has 1 atom stereocenters. The van der Waals surface area contributed by atoms with Crippen molar-refractivity contribution in [3.63, 3.8) is 0 Å². The second kappa shape index (κ2) is 13.5. The maximum atomic E-state index is 14.7.